The summed E-state index contributed by atoms with van der Waals surface area (Å²) in [4.78, 5) is 23.7. The van der Waals surface area contributed by atoms with Crippen LogP contribution in [0.25, 0.3) is 0 Å². The lowest BCUT2D eigenvalue weighted by Gasteiger charge is -2.26. The van der Waals surface area contributed by atoms with Gasteiger partial charge in [0.2, 0.25) is 5.91 Å². The maximum Gasteiger partial charge on any atom is 0.434 e. The molecule has 12 heteroatoms. The lowest BCUT2D eigenvalue weighted by atomic mass is 10.2. The Morgan fingerprint density at radius 3 is 2.72 bits per heavy atom. The number of carbonyl (C=O) groups is 1. The predicted octanol–water partition coefficient (Wildman–Crippen LogP) is 2.39. The molecule has 1 aromatic heterocycles. The third-order valence-electron chi connectivity index (χ3n) is 4.48. The lowest BCUT2D eigenvalue weighted by molar-refractivity contribution is -0.140. The number of guanidine groups is 1. The van der Waals surface area contributed by atoms with E-state index in [9.17, 15) is 18.0 Å². The van der Waals surface area contributed by atoms with E-state index in [2.05, 4.69) is 25.5 Å². The van der Waals surface area contributed by atoms with Crippen molar-refractivity contribution in [2.24, 2.45) is 4.99 Å². The third kappa shape index (κ3) is 7.89. The molecule has 1 unspecified atom stereocenters. The highest BCUT2D eigenvalue weighted by Gasteiger charge is 2.33. The Morgan fingerprint density at radius 1 is 1.41 bits per heavy atom. The average Bonchev–Trinajstić information content (AvgIpc) is 3.29. The number of alkyl halides is 3. The molecule has 0 aliphatic carbocycles. The number of rotatable bonds is 7. The quantitative estimate of drug-likeness (QED) is 0.237. The molecule has 1 atom stereocenters. The van der Waals surface area contributed by atoms with Gasteiger partial charge in [0.25, 0.3) is 0 Å². The van der Waals surface area contributed by atoms with Crippen molar-refractivity contribution in [2.75, 3.05) is 40.8 Å². The maximum atomic E-state index is 12.6. The number of hydrogen-bond acceptors (Lipinski definition) is 5. The van der Waals surface area contributed by atoms with Gasteiger partial charge < -0.3 is 15.5 Å². The van der Waals surface area contributed by atoms with E-state index in [0.29, 0.717) is 17.5 Å². The zero-order valence-corrected chi connectivity index (χ0v) is 19.9. The Morgan fingerprint density at radius 2 is 2.14 bits per heavy atom. The second kappa shape index (κ2) is 11.9. The largest absolute Gasteiger partial charge is 0.434 e. The van der Waals surface area contributed by atoms with Crippen molar-refractivity contribution in [3.63, 3.8) is 0 Å². The minimum absolute atomic E-state index is 0. The molecule has 1 saturated heterocycles. The zero-order chi connectivity index (χ0) is 20.7. The van der Waals surface area contributed by atoms with Crippen LogP contribution in [0.2, 0.25) is 0 Å². The molecule has 166 valence electrons. The monoisotopic (exact) mass is 548 g/mol. The van der Waals surface area contributed by atoms with Crippen LogP contribution in [-0.4, -0.2) is 73.5 Å². The van der Waals surface area contributed by atoms with Crippen LogP contribution in [0.4, 0.5) is 13.2 Å². The minimum atomic E-state index is -4.42. The van der Waals surface area contributed by atoms with E-state index in [1.807, 2.05) is 0 Å². The summed E-state index contributed by atoms with van der Waals surface area (Å²) in [6, 6.07) is -0.0415. The standard InChI is InChI=1S/C17H27F3N6OS.HI/c1-21-16(23-10-14-24-13(11-28-14)17(18,19)20)22-7-5-9-26-8-4-6-12(26)15(27)25(2)3;/h11-12H,4-10H2,1-3H3,(H2,21,22,23);1H. The van der Waals surface area contributed by atoms with Crippen LogP contribution in [0.1, 0.15) is 30.0 Å². The van der Waals surface area contributed by atoms with E-state index in [1.54, 1.807) is 26.0 Å². The van der Waals surface area contributed by atoms with E-state index in [1.165, 1.54) is 0 Å². The summed E-state index contributed by atoms with van der Waals surface area (Å²) in [5, 5.41) is 7.46. The van der Waals surface area contributed by atoms with Gasteiger partial charge in [0, 0.05) is 39.6 Å². The van der Waals surface area contributed by atoms with E-state index in [-0.39, 0.29) is 42.5 Å². The van der Waals surface area contributed by atoms with Gasteiger partial charge in [-0.05, 0) is 25.8 Å². The molecule has 1 amide bonds. The molecule has 0 spiro atoms. The first-order valence-corrected chi connectivity index (χ1v) is 10.0. The van der Waals surface area contributed by atoms with Crippen molar-refractivity contribution in [3.05, 3.63) is 16.1 Å². The number of amides is 1. The summed E-state index contributed by atoms with van der Waals surface area (Å²) in [5.74, 6) is 0.649. The number of thiazole rings is 1. The number of hydrogen-bond donors (Lipinski definition) is 2. The predicted molar refractivity (Wildman–Crippen MR) is 119 cm³/mol. The number of nitrogens with one attached hydrogen (secondary N) is 2. The first-order chi connectivity index (χ1) is 13.2. The second-order valence-electron chi connectivity index (χ2n) is 6.76. The fraction of sp³-hybridized carbons (Fsp3) is 0.706. The van der Waals surface area contributed by atoms with Gasteiger partial charge in [-0.25, -0.2) is 4.98 Å². The Kier molecular flexibility index (Phi) is 10.6. The minimum Gasteiger partial charge on any atom is -0.356 e. The molecule has 1 aliphatic rings. The molecule has 7 nitrogen and oxygen atoms in total. The number of carbonyl (C=O) groups excluding carboxylic acids is 1. The van der Waals surface area contributed by atoms with E-state index >= 15 is 0 Å². The van der Waals surface area contributed by atoms with Gasteiger partial charge in [0.05, 0.1) is 12.6 Å². The topological polar surface area (TPSA) is 72.9 Å². The van der Waals surface area contributed by atoms with Gasteiger partial charge in [-0.3, -0.25) is 14.7 Å². The molecule has 0 saturated carbocycles. The molecular weight excluding hydrogens is 520 g/mol. The van der Waals surface area contributed by atoms with Crippen molar-refractivity contribution < 1.29 is 18.0 Å². The number of likely N-dealkylation sites (tertiary alicyclic amines) is 1. The Hall–Kier alpha value is -1.15. The Balaban J connectivity index is 0.00000420. The SMILES string of the molecule is CN=C(NCCCN1CCCC1C(=O)N(C)C)NCc1nc(C(F)(F)F)cs1.I. The van der Waals surface area contributed by atoms with Crippen molar-refractivity contribution in [2.45, 2.75) is 38.0 Å². The van der Waals surface area contributed by atoms with Crippen molar-refractivity contribution >= 4 is 47.2 Å². The number of nitrogens with zero attached hydrogens (tertiary/aromatic N) is 4. The van der Waals surface area contributed by atoms with Crippen LogP contribution >= 0.6 is 35.3 Å². The van der Waals surface area contributed by atoms with Crippen LogP contribution in [-0.2, 0) is 17.5 Å². The van der Waals surface area contributed by atoms with Crippen molar-refractivity contribution in [3.8, 4) is 0 Å². The molecule has 2 N–H and O–H groups in total. The first-order valence-electron chi connectivity index (χ1n) is 9.13. The Bertz CT molecular complexity index is 682. The number of aromatic nitrogens is 1. The van der Waals surface area contributed by atoms with Gasteiger partial charge in [-0.2, -0.15) is 13.2 Å². The summed E-state index contributed by atoms with van der Waals surface area (Å²) in [5.41, 5.74) is -0.871. The van der Waals surface area contributed by atoms with Gasteiger partial charge >= 0.3 is 6.18 Å². The van der Waals surface area contributed by atoms with E-state index in [4.69, 9.17) is 0 Å². The summed E-state index contributed by atoms with van der Waals surface area (Å²) in [7, 11) is 5.15. The number of likely N-dealkylation sites (N-methyl/N-ethyl adjacent to an activating group) is 1. The summed E-state index contributed by atoms with van der Waals surface area (Å²) < 4.78 is 37.7. The molecule has 2 heterocycles. The molecule has 0 radical (unpaired) electrons. The van der Waals surface area contributed by atoms with Crippen molar-refractivity contribution in [1.29, 1.82) is 0 Å². The van der Waals surface area contributed by atoms with Crippen LogP contribution in [0.3, 0.4) is 0 Å². The highest BCUT2D eigenvalue weighted by Crippen LogP contribution is 2.29. The smallest absolute Gasteiger partial charge is 0.356 e. The number of halogens is 4. The normalized spacial score (nSPS) is 17.7. The van der Waals surface area contributed by atoms with E-state index in [0.717, 1.165) is 49.1 Å². The summed E-state index contributed by atoms with van der Waals surface area (Å²) in [6.45, 7) is 2.54. The third-order valence-corrected chi connectivity index (χ3v) is 5.33. The number of aliphatic imine (C=N–C) groups is 1. The van der Waals surface area contributed by atoms with Gasteiger partial charge in [0.15, 0.2) is 11.7 Å². The second-order valence-corrected chi connectivity index (χ2v) is 7.70. The van der Waals surface area contributed by atoms with Crippen LogP contribution in [0.15, 0.2) is 10.4 Å². The van der Waals surface area contributed by atoms with Gasteiger partial charge in [-0.15, -0.1) is 35.3 Å². The van der Waals surface area contributed by atoms with Crippen LogP contribution in [0.5, 0.6) is 0 Å². The van der Waals surface area contributed by atoms with Crippen LogP contribution in [0, 0.1) is 0 Å². The summed E-state index contributed by atoms with van der Waals surface area (Å²) >= 11 is 0.960. The highest BCUT2D eigenvalue weighted by atomic mass is 127. The molecule has 1 aromatic rings. The lowest BCUT2D eigenvalue weighted by Crippen LogP contribution is -2.44. The molecular formula is C17H28F3IN6OS. The Labute approximate surface area is 190 Å². The molecule has 0 aromatic carbocycles. The van der Waals surface area contributed by atoms with Gasteiger partial charge in [0.1, 0.15) is 5.01 Å². The van der Waals surface area contributed by atoms with Crippen LogP contribution < -0.4 is 10.6 Å². The summed E-state index contributed by atoms with van der Waals surface area (Å²) in [6.07, 6.45) is -1.68. The molecule has 0 bridgehead atoms. The fourth-order valence-corrected chi connectivity index (χ4v) is 3.80. The molecule has 1 aliphatic heterocycles. The fourth-order valence-electron chi connectivity index (χ4n) is 3.06. The van der Waals surface area contributed by atoms with Crippen molar-refractivity contribution in [1.82, 2.24) is 25.4 Å². The average molecular weight is 548 g/mol. The maximum absolute atomic E-state index is 12.6. The molecule has 1 fully saturated rings. The van der Waals surface area contributed by atoms with E-state index < -0.39 is 11.9 Å². The zero-order valence-electron chi connectivity index (χ0n) is 16.8. The molecule has 2 rings (SSSR count). The first kappa shape index (κ1) is 25.9. The highest BCUT2D eigenvalue weighted by molar-refractivity contribution is 14.0. The molecule has 29 heavy (non-hydrogen) atoms. The van der Waals surface area contributed by atoms with Gasteiger partial charge in [-0.1, -0.05) is 0 Å².